The van der Waals surface area contributed by atoms with E-state index in [1.807, 2.05) is 0 Å². The van der Waals surface area contributed by atoms with E-state index in [1.165, 1.54) is 13.3 Å². The van der Waals surface area contributed by atoms with Gasteiger partial charge in [-0.1, -0.05) is 0 Å². The SMILES string of the molecule is COC(=O)c1ccc(COC2CCNC2)nc1. The first-order valence-electron chi connectivity index (χ1n) is 5.65. The van der Waals surface area contributed by atoms with E-state index in [4.69, 9.17) is 4.74 Å². The minimum atomic E-state index is -0.370. The first-order valence-corrected chi connectivity index (χ1v) is 5.65. The standard InChI is InChI=1S/C12H16N2O3/c1-16-12(15)9-2-3-10(14-6-9)8-17-11-4-5-13-7-11/h2-3,6,11,13H,4-5,7-8H2,1H3. The fourth-order valence-electron chi connectivity index (χ4n) is 1.72. The van der Waals surface area contributed by atoms with E-state index in [-0.39, 0.29) is 12.1 Å². The molecular formula is C12H16N2O3. The maximum Gasteiger partial charge on any atom is 0.339 e. The number of nitrogens with zero attached hydrogens (tertiary/aromatic N) is 1. The topological polar surface area (TPSA) is 60.5 Å². The summed E-state index contributed by atoms with van der Waals surface area (Å²) < 4.78 is 10.3. The zero-order chi connectivity index (χ0) is 12.1. The summed E-state index contributed by atoms with van der Waals surface area (Å²) in [6, 6.07) is 3.49. The Morgan fingerprint density at radius 3 is 3.06 bits per heavy atom. The number of ether oxygens (including phenoxy) is 2. The number of carbonyl (C=O) groups excluding carboxylic acids is 1. The minimum Gasteiger partial charge on any atom is -0.465 e. The third-order valence-electron chi connectivity index (χ3n) is 2.73. The monoisotopic (exact) mass is 236 g/mol. The van der Waals surface area contributed by atoms with Gasteiger partial charge in [0, 0.05) is 12.7 Å². The summed E-state index contributed by atoms with van der Waals surface area (Å²) >= 11 is 0. The maximum absolute atomic E-state index is 11.2. The zero-order valence-electron chi connectivity index (χ0n) is 9.81. The summed E-state index contributed by atoms with van der Waals surface area (Å²) in [5.41, 5.74) is 1.28. The van der Waals surface area contributed by atoms with Crippen molar-refractivity contribution in [2.45, 2.75) is 19.1 Å². The molecule has 1 aromatic rings. The predicted octanol–water partition coefficient (Wildman–Crippen LogP) is 0.747. The molecule has 0 saturated carbocycles. The van der Waals surface area contributed by atoms with Crippen LogP contribution in [-0.2, 0) is 16.1 Å². The van der Waals surface area contributed by atoms with Crippen LogP contribution in [-0.4, -0.2) is 37.3 Å². The van der Waals surface area contributed by atoms with Gasteiger partial charge in [0.05, 0.1) is 31.1 Å². The second kappa shape index (κ2) is 5.75. The van der Waals surface area contributed by atoms with Crippen molar-refractivity contribution in [2.24, 2.45) is 0 Å². The summed E-state index contributed by atoms with van der Waals surface area (Å²) in [7, 11) is 1.35. The van der Waals surface area contributed by atoms with Crippen LogP contribution in [0, 0.1) is 0 Å². The lowest BCUT2D eigenvalue weighted by molar-refractivity contribution is 0.0519. The third-order valence-corrected chi connectivity index (χ3v) is 2.73. The van der Waals surface area contributed by atoms with Crippen molar-refractivity contribution in [1.29, 1.82) is 0 Å². The van der Waals surface area contributed by atoms with E-state index in [1.54, 1.807) is 12.1 Å². The summed E-state index contributed by atoms with van der Waals surface area (Å²) in [4.78, 5) is 15.4. The fraction of sp³-hybridized carbons (Fsp3) is 0.500. The summed E-state index contributed by atoms with van der Waals surface area (Å²) in [5, 5.41) is 3.23. The Balaban J connectivity index is 1.87. The number of hydrogen-bond donors (Lipinski definition) is 1. The maximum atomic E-state index is 11.2. The normalized spacial score (nSPS) is 19.2. The molecule has 1 aliphatic rings. The third kappa shape index (κ3) is 3.25. The van der Waals surface area contributed by atoms with Gasteiger partial charge in [0.15, 0.2) is 0 Å². The Bertz CT molecular complexity index is 372. The number of nitrogens with one attached hydrogen (secondary N) is 1. The predicted molar refractivity (Wildman–Crippen MR) is 61.6 cm³/mol. The van der Waals surface area contributed by atoms with Gasteiger partial charge >= 0.3 is 5.97 Å². The number of carbonyl (C=O) groups is 1. The molecule has 0 aromatic carbocycles. The highest BCUT2D eigenvalue weighted by Gasteiger charge is 2.14. The number of aromatic nitrogens is 1. The van der Waals surface area contributed by atoms with Crippen LogP contribution in [0.25, 0.3) is 0 Å². The van der Waals surface area contributed by atoms with Crippen molar-refractivity contribution in [1.82, 2.24) is 10.3 Å². The molecule has 0 spiro atoms. The number of methoxy groups -OCH3 is 1. The molecule has 5 heteroatoms. The van der Waals surface area contributed by atoms with Gasteiger partial charge in [-0.25, -0.2) is 4.79 Å². The Hall–Kier alpha value is -1.46. The molecule has 2 heterocycles. The second-order valence-corrected chi connectivity index (χ2v) is 3.96. The number of rotatable bonds is 4. The first-order chi connectivity index (χ1) is 8.29. The Labute approximate surface area is 100 Å². The summed E-state index contributed by atoms with van der Waals surface area (Å²) in [5.74, 6) is -0.370. The fourth-order valence-corrected chi connectivity index (χ4v) is 1.72. The lowest BCUT2D eigenvalue weighted by Gasteiger charge is -2.09. The van der Waals surface area contributed by atoms with E-state index in [0.29, 0.717) is 12.2 Å². The van der Waals surface area contributed by atoms with Crippen LogP contribution in [0.15, 0.2) is 18.3 Å². The molecule has 1 saturated heterocycles. The molecule has 1 aliphatic heterocycles. The van der Waals surface area contributed by atoms with Crippen LogP contribution >= 0.6 is 0 Å². The number of pyridine rings is 1. The van der Waals surface area contributed by atoms with E-state index in [9.17, 15) is 4.79 Å². The van der Waals surface area contributed by atoms with E-state index < -0.39 is 0 Å². The number of hydrogen-bond acceptors (Lipinski definition) is 5. The quantitative estimate of drug-likeness (QED) is 0.782. The first kappa shape index (κ1) is 12.0. The van der Waals surface area contributed by atoms with Gasteiger partial charge in [0.1, 0.15) is 0 Å². The van der Waals surface area contributed by atoms with Gasteiger partial charge in [-0.05, 0) is 25.1 Å². The van der Waals surface area contributed by atoms with Crippen molar-refractivity contribution in [2.75, 3.05) is 20.2 Å². The summed E-state index contributed by atoms with van der Waals surface area (Å²) in [6.45, 7) is 2.40. The van der Waals surface area contributed by atoms with Crippen LogP contribution in [0.2, 0.25) is 0 Å². The van der Waals surface area contributed by atoms with Crippen LogP contribution in [0.1, 0.15) is 22.5 Å². The molecule has 2 rings (SSSR count). The number of esters is 1. The van der Waals surface area contributed by atoms with Gasteiger partial charge < -0.3 is 14.8 Å². The smallest absolute Gasteiger partial charge is 0.339 e. The molecule has 1 aromatic heterocycles. The highest BCUT2D eigenvalue weighted by molar-refractivity contribution is 5.88. The Morgan fingerprint density at radius 2 is 2.47 bits per heavy atom. The molecule has 1 fully saturated rings. The van der Waals surface area contributed by atoms with Crippen molar-refractivity contribution >= 4 is 5.97 Å². The summed E-state index contributed by atoms with van der Waals surface area (Å²) in [6.07, 6.45) is 2.83. The molecule has 0 radical (unpaired) electrons. The zero-order valence-corrected chi connectivity index (χ0v) is 9.81. The van der Waals surface area contributed by atoms with Crippen LogP contribution in [0.4, 0.5) is 0 Å². The molecule has 1 atom stereocenters. The largest absolute Gasteiger partial charge is 0.465 e. The molecule has 1 unspecified atom stereocenters. The molecule has 0 aliphatic carbocycles. The van der Waals surface area contributed by atoms with Crippen LogP contribution < -0.4 is 5.32 Å². The Morgan fingerprint density at radius 1 is 1.59 bits per heavy atom. The van der Waals surface area contributed by atoms with E-state index in [0.717, 1.165) is 25.2 Å². The molecule has 5 nitrogen and oxygen atoms in total. The lowest BCUT2D eigenvalue weighted by atomic mass is 10.2. The Kier molecular flexibility index (Phi) is 4.06. The molecule has 92 valence electrons. The van der Waals surface area contributed by atoms with Gasteiger partial charge in [0.2, 0.25) is 0 Å². The van der Waals surface area contributed by atoms with Gasteiger partial charge in [-0.2, -0.15) is 0 Å². The average molecular weight is 236 g/mol. The highest BCUT2D eigenvalue weighted by atomic mass is 16.5. The van der Waals surface area contributed by atoms with Crippen LogP contribution in [0.3, 0.4) is 0 Å². The van der Waals surface area contributed by atoms with E-state index >= 15 is 0 Å². The van der Waals surface area contributed by atoms with Gasteiger partial charge in [-0.15, -0.1) is 0 Å². The molecule has 1 N–H and O–H groups in total. The van der Waals surface area contributed by atoms with Crippen molar-refractivity contribution < 1.29 is 14.3 Å². The molecule has 17 heavy (non-hydrogen) atoms. The van der Waals surface area contributed by atoms with Gasteiger partial charge in [-0.3, -0.25) is 4.98 Å². The minimum absolute atomic E-state index is 0.275. The van der Waals surface area contributed by atoms with Crippen molar-refractivity contribution in [3.05, 3.63) is 29.6 Å². The highest BCUT2D eigenvalue weighted by Crippen LogP contribution is 2.08. The van der Waals surface area contributed by atoms with Crippen molar-refractivity contribution in [3.63, 3.8) is 0 Å². The van der Waals surface area contributed by atoms with Crippen LogP contribution in [0.5, 0.6) is 0 Å². The van der Waals surface area contributed by atoms with Gasteiger partial charge in [0.25, 0.3) is 0 Å². The molecule has 0 bridgehead atoms. The van der Waals surface area contributed by atoms with E-state index in [2.05, 4.69) is 15.0 Å². The molecular weight excluding hydrogens is 220 g/mol. The second-order valence-electron chi connectivity index (χ2n) is 3.96. The van der Waals surface area contributed by atoms with Crippen molar-refractivity contribution in [3.8, 4) is 0 Å². The molecule has 0 amide bonds. The average Bonchev–Trinajstić information content (AvgIpc) is 2.89. The lowest BCUT2D eigenvalue weighted by Crippen LogP contribution is -2.16.